The normalized spacial score (nSPS) is 13.5. The van der Waals surface area contributed by atoms with E-state index in [2.05, 4.69) is 62.5 Å². The molecular formula is C18H20N2. The summed E-state index contributed by atoms with van der Waals surface area (Å²) >= 11 is 0. The van der Waals surface area contributed by atoms with Gasteiger partial charge in [0, 0.05) is 12.1 Å². The van der Waals surface area contributed by atoms with Crippen molar-refractivity contribution in [1.29, 1.82) is 5.26 Å². The Morgan fingerprint density at radius 3 is 2.15 bits per heavy atom. The molecule has 2 aromatic rings. The third kappa shape index (κ3) is 3.46. The van der Waals surface area contributed by atoms with Gasteiger partial charge in [0.1, 0.15) is 0 Å². The molecule has 0 spiro atoms. The van der Waals surface area contributed by atoms with Crippen LogP contribution in [0, 0.1) is 18.3 Å². The van der Waals surface area contributed by atoms with E-state index in [-0.39, 0.29) is 12.1 Å². The number of nitrogens with one attached hydrogen (secondary N) is 1. The number of hydrogen-bond donors (Lipinski definition) is 1. The maximum absolute atomic E-state index is 8.96. The number of nitriles is 1. The summed E-state index contributed by atoms with van der Waals surface area (Å²) in [5.41, 5.74) is 4.41. The lowest BCUT2D eigenvalue weighted by atomic mass is 10.0. The van der Waals surface area contributed by atoms with Crippen LogP contribution in [0.25, 0.3) is 0 Å². The maximum atomic E-state index is 8.96. The number of benzene rings is 2. The summed E-state index contributed by atoms with van der Waals surface area (Å²) in [6.45, 7) is 6.40. The summed E-state index contributed by atoms with van der Waals surface area (Å²) in [7, 11) is 0. The minimum Gasteiger partial charge on any atom is -0.304 e. The van der Waals surface area contributed by atoms with Gasteiger partial charge in [-0.2, -0.15) is 5.26 Å². The molecule has 2 atom stereocenters. The quantitative estimate of drug-likeness (QED) is 0.894. The molecule has 1 N–H and O–H groups in total. The van der Waals surface area contributed by atoms with Crippen molar-refractivity contribution in [3.63, 3.8) is 0 Å². The molecule has 0 aromatic heterocycles. The summed E-state index contributed by atoms with van der Waals surface area (Å²) in [4.78, 5) is 0. The molecule has 0 aliphatic heterocycles. The van der Waals surface area contributed by atoms with Crippen molar-refractivity contribution >= 4 is 0 Å². The second kappa shape index (κ2) is 6.36. The Morgan fingerprint density at radius 1 is 0.950 bits per heavy atom. The Balaban J connectivity index is 2.11. The lowest BCUT2D eigenvalue weighted by Crippen LogP contribution is -2.22. The molecule has 0 fully saturated rings. The zero-order chi connectivity index (χ0) is 14.5. The van der Waals surface area contributed by atoms with Crippen molar-refractivity contribution in [3.05, 3.63) is 70.8 Å². The Hall–Kier alpha value is -2.11. The number of rotatable bonds is 4. The molecule has 2 aromatic carbocycles. The number of aryl methyl sites for hydroxylation is 1. The monoisotopic (exact) mass is 264 g/mol. The van der Waals surface area contributed by atoms with Gasteiger partial charge in [0.25, 0.3) is 0 Å². The minimum atomic E-state index is 0.207. The first kappa shape index (κ1) is 14.3. The highest BCUT2D eigenvalue weighted by atomic mass is 14.9. The summed E-state index contributed by atoms with van der Waals surface area (Å²) in [5.74, 6) is 0. The van der Waals surface area contributed by atoms with Crippen molar-refractivity contribution < 1.29 is 0 Å². The van der Waals surface area contributed by atoms with E-state index in [0.29, 0.717) is 5.56 Å². The fourth-order valence-corrected chi connectivity index (χ4v) is 2.38. The van der Waals surface area contributed by atoms with Gasteiger partial charge in [0.15, 0.2) is 0 Å². The molecule has 0 saturated heterocycles. The van der Waals surface area contributed by atoms with Gasteiger partial charge in [-0.15, -0.1) is 0 Å². The second-order valence-electron chi connectivity index (χ2n) is 5.26. The molecule has 0 saturated carbocycles. The highest BCUT2D eigenvalue weighted by Gasteiger charge is 2.11. The van der Waals surface area contributed by atoms with E-state index in [1.165, 1.54) is 11.1 Å². The van der Waals surface area contributed by atoms with Gasteiger partial charge in [0.05, 0.1) is 11.6 Å². The van der Waals surface area contributed by atoms with Gasteiger partial charge in [-0.3, -0.25) is 0 Å². The van der Waals surface area contributed by atoms with E-state index in [4.69, 9.17) is 5.26 Å². The fourth-order valence-electron chi connectivity index (χ4n) is 2.38. The lowest BCUT2D eigenvalue weighted by Gasteiger charge is -2.21. The van der Waals surface area contributed by atoms with Crippen LogP contribution in [-0.4, -0.2) is 0 Å². The van der Waals surface area contributed by atoms with E-state index < -0.39 is 0 Å². The van der Waals surface area contributed by atoms with Gasteiger partial charge in [-0.25, -0.2) is 0 Å². The molecule has 2 rings (SSSR count). The fraction of sp³-hybridized carbons (Fsp3) is 0.278. The molecule has 0 heterocycles. The van der Waals surface area contributed by atoms with Gasteiger partial charge >= 0.3 is 0 Å². The van der Waals surface area contributed by atoms with Gasteiger partial charge in [-0.05, 0) is 44.0 Å². The predicted octanol–water partition coefficient (Wildman–Crippen LogP) is 4.28. The minimum absolute atomic E-state index is 0.207. The third-order valence-corrected chi connectivity index (χ3v) is 3.56. The Labute approximate surface area is 121 Å². The van der Waals surface area contributed by atoms with Gasteiger partial charge < -0.3 is 5.32 Å². The first-order valence-corrected chi connectivity index (χ1v) is 6.93. The molecule has 0 amide bonds. The molecule has 20 heavy (non-hydrogen) atoms. The molecule has 0 bridgehead atoms. The number of nitrogens with zero attached hydrogens (tertiary/aromatic N) is 1. The summed E-state index contributed by atoms with van der Waals surface area (Å²) in [6.07, 6.45) is 0. The van der Waals surface area contributed by atoms with Crippen molar-refractivity contribution in [2.24, 2.45) is 0 Å². The molecule has 2 heteroatoms. The van der Waals surface area contributed by atoms with E-state index in [0.717, 1.165) is 5.56 Å². The van der Waals surface area contributed by atoms with Crippen molar-refractivity contribution in [2.45, 2.75) is 32.9 Å². The average molecular weight is 264 g/mol. The van der Waals surface area contributed by atoms with Crippen LogP contribution in [0.3, 0.4) is 0 Å². The molecule has 102 valence electrons. The number of hydrogen-bond acceptors (Lipinski definition) is 2. The van der Waals surface area contributed by atoms with E-state index >= 15 is 0 Å². The summed E-state index contributed by atoms with van der Waals surface area (Å²) < 4.78 is 0. The molecule has 2 nitrogen and oxygen atoms in total. The second-order valence-corrected chi connectivity index (χ2v) is 5.26. The van der Waals surface area contributed by atoms with Crippen molar-refractivity contribution in [1.82, 2.24) is 5.32 Å². The molecule has 0 aliphatic rings. The summed E-state index contributed by atoms with van der Waals surface area (Å²) in [6, 6.07) is 19.0. The maximum Gasteiger partial charge on any atom is 0.0991 e. The Kier molecular flexibility index (Phi) is 4.55. The standard InChI is InChI=1S/C18H20N2/c1-13-6-4-8-17(10-13)14(2)20-15(3)18-9-5-7-16(11-18)12-19/h4-11,14-15,20H,1-3H3/t14-,15?/m0/s1. The van der Waals surface area contributed by atoms with Crippen LogP contribution in [0.2, 0.25) is 0 Å². The van der Waals surface area contributed by atoms with Crippen molar-refractivity contribution in [2.75, 3.05) is 0 Å². The highest BCUT2D eigenvalue weighted by molar-refractivity contribution is 5.34. The van der Waals surface area contributed by atoms with Crippen molar-refractivity contribution in [3.8, 4) is 6.07 Å². The molecule has 0 radical (unpaired) electrons. The van der Waals surface area contributed by atoms with Gasteiger partial charge in [-0.1, -0.05) is 42.0 Å². The zero-order valence-corrected chi connectivity index (χ0v) is 12.2. The average Bonchev–Trinajstić information content (AvgIpc) is 2.47. The van der Waals surface area contributed by atoms with Crippen LogP contribution in [0.4, 0.5) is 0 Å². The van der Waals surface area contributed by atoms with Crippen LogP contribution >= 0.6 is 0 Å². The first-order valence-electron chi connectivity index (χ1n) is 6.93. The molecular weight excluding hydrogens is 244 g/mol. The van der Waals surface area contributed by atoms with E-state index in [1.807, 2.05) is 18.2 Å². The van der Waals surface area contributed by atoms with Crippen LogP contribution < -0.4 is 5.32 Å². The highest BCUT2D eigenvalue weighted by Crippen LogP contribution is 2.20. The molecule has 1 unspecified atom stereocenters. The van der Waals surface area contributed by atoms with Gasteiger partial charge in [0.2, 0.25) is 0 Å². The van der Waals surface area contributed by atoms with E-state index in [1.54, 1.807) is 0 Å². The lowest BCUT2D eigenvalue weighted by molar-refractivity contribution is 0.494. The zero-order valence-electron chi connectivity index (χ0n) is 12.2. The third-order valence-electron chi connectivity index (χ3n) is 3.56. The largest absolute Gasteiger partial charge is 0.304 e. The summed E-state index contributed by atoms with van der Waals surface area (Å²) in [5, 5.41) is 12.5. The Bertz CT molecular complexity index is 625. The topological polar surface area (TPSA) is 35.8 Å². The van der Waals surface area contributed by atoms with E-state index in [9.17, 15) is 0 Å². The SMILES string of the molecule is Cc1cccc([C@H](C)NC(C)c2cccc(C#N)c2)c1. The smallest absolute Gasteiger partial charge is 0.0991 e. The van der Waals surface area contributed by atoms with Crippen LogP contribution in [0.5, 0.6) is 0 Å². The van der Waals surface area contributed by atoms with Crippen LogP contribution in [-0.2, 0) is 0 Å². The molecule has 0 aliphatic carbocycles. The van der Waals surface area contributed by atoms with Crippen LogP contribution in [0.1, 0.15) is 48.2 Å². The Morgan fingerprint density at radius 2 is 1.55 bits per heavy atom. The first-order chi connectivity index (χ1) is 9.60. The predicted molar refractivity (Wildman–Crippen MR) is 82.3 cm³/mol. The van der Waals surface area contributed by atoms with Crippen LogP contribution in [0.15, 0.2) is 48.5 Å².